The lowest BCUT2D eigenvalue weighted by Crippen LogP contribution is -2.56. The predicted octanol–water partition coefficient (Wildman–Crippen LogP) is 6.00. The van der Waals surface area contributed by atoms with Gasteiger partial charge in [-0.05, 0) is 69.9 Å². The molecule has 2 atom stereocenters. The standard InChI is InChI=1S/C27H31F3N4O2S/c1-15(2)36-22-10-9-16(11-21(22)31)26(35)32-17-12-18-5-3-6-19(13-17)34(18)14-24-33-25-20(27(28,29)30)7-4-8-23(25)37-24/h4,7-11,15,17-19H,3,5-6,12-14,31H2,1-2H3,(H,32,35). The van der Waals surface area contributed by atoms with Crippen LogP contribution in [0, 0.1) is 0 Å². The van der Waals surface area contributed by atoms with Crippen LogP contribution >= 0.6 is 11.3 Å². The summed E-state index contributed by atoms with van der Waals surface area (Å²) in [5.74, 6) is 0.400. The highest BCUT2D eigenvalue weighted by atomic mass is 32.1. The number of hydrogen-bond acceptors (Lipinski definition) is 6. The normalized spacial score (nSPS) is 22.4. The number of piperidine rings is 2. The topological polar surface area (TPSA) is 80.5 Å². The van der Waals surface area contributed by atoms with E-state index in [-0.39, 0.29) is 35.7 Å². The summed E-state index contributed by atoms with van der Waals surface area (Å²) in [6.45, 7) is 4.36. The smallest absolute Gasteiger partial charge is 0.418 e. The summed E-state index contributed by atoms with van der Waals surface area (Å²) >= 11 is 1.33. The number of amides is 1. The molecule has 0 saturated carbocycles. The fourth-order valence-corrected chi connectivity index (χ4v) is 6.62. The van der Waals surface area contributed by atoms with Gasteiger partial charge >= 0.3 is 6.18 Å². The number of nitrogens with one attached hydrogen (secondary N) is 1. The third kappa shape index (κ3) is 5.55. The summed E-state index contributed by atoms with van der Waals surface area (Å²) in [6, 6.07) is 9.85. The molecule has 1 amide bonds. The maximum atomic E-state index is 13.4. The van der Waals surface area contributed by atoms with Crippen LogP contribution in [0.1, 0.15) is 66.9 Å². The second-order valence-corrected chi connectivity index (χ2v) is 11.3. The molecular weight excluding hydrogens is 501 g/mol. The Morgan fingerprint density at radius 1 is 1.22 bits per heavy atom. The number of carbonyl (C=O) groups is 1. The molecule has 0 spiro atoms. The molecule has 3 aromatic rings. The summed E-state index contributed by atoms with van der Waals surface area (Å²) in [4.78, 5) is 19.8. The van der Waals surface area contributed by atoms with E-state index in [0.717, 1.165) is 38.2 Å². The van der Waals surface area contributed by atoms with Gasteiger partial charge in [-0.3, -0.25) is 9.69 Å². The molecule has 2 aromatic carbocycles. The van der Waals surface area contributed by atoms with Gasteiger partial charge < -0.3 is 15.8 Å². The van der Waals surface area contributed by atoms with E-state index in [2.05, 4.69) is 15.2 Å². The molecule has 2 fully saturated rings. The van der Waals surface area contributed by atoms with Crippen LogP contribution in [0.25, 0.3) is 10.2 Å². The van der Waals surface area contributed by atoms with Gasteiger partial charge in [-0.1, -0.05) is 12.5 Å². The number of thiazole rings is 1. The number of rotatable bonds is 6. The third-order valence-electron chi connectivity index (χ3n) is 7.18. The molecule has 10 heteroatoms. The van der Waals surface area contributed by atoms with Crippen molar-refractivity contribution in [3.8, 4) is 5.75 Å². The summed E-state index contributed by atoms with van der Waals surface area (Å²) < 4.78 is 46.5. The summed E-state index contributed by atoms with van der Waals surface area (Å²) in [6.07, 6.45) is 0.255. The van der Waals surface area contributed by atoms with Crippen molar-refractivity contribution in [2.45, 2.75) is 82.9 Å². The summed E-state index contributed by atoms with van der Waals surface area (Å²) in [7, 11) is 0. The van der Waals surface area contributed by atoms with E-state index < -0.39 is 11.7 Å². The largest absolute Gasteiger partial charge is 0.489 e. The molecule has 2 aliphatic heterocycles. The van der Waals surface area contributed by atoms with Crippen molar-refractivity contribution in [3.05, 3.63) is 52.5 Å². The highest BCUT2D eigenvalue weighted by molar-refractivity contribution is 7.18. The zero-order valence-electron chi connectivity index (χ0n) is 20.8. The van der Waals surface area contributed by atoms with Gasteiger partial charge in [-0.25, -0.2) is 4.98 Å². The van der Waals surface area contributed by atoms with Crippen LogP contribution in [0.3, 0.4) is 0 Å². The monoisotopic (exact) mass is 532 g/mol. The van der Waals surface area contributed by atoms with Gasteiger partial charge in [-0.2, -0.15) is 13.2 Å². The van der Waals surface area contributed by atoms with Crippen LogP contribution in [0.15, 0.2) is 36.4 Å². The highest BCUT2D eigenvalue weighted by Crippen LogP contribution is 2.39. The van der Waals surface area contributed by atoms with E-state index in [0.29, 0.717) is 33.3 Å². The van der Waals surface area contributed by atoms with Crippen LogP contribution < -0.4 is 15.8 Å². The lowest BCUT2D eigenvalue weighted by molar-refractivity contribution is -0.136. The van der Waals surface area contributed by atoms with Crippen molar-refractivity contribution in [2.24, 2.45) is 0 Å². The zero-order chi connectivity index (χ0) is 26.3. The quantitative estimate of drug-likeness (QED) is 0.381. The van der Waals surface area contributed by atoms with Gasteiger partial charge in [0.1, 0.15) is 10.8 Å². The molecule has 6 nitrogen and oxygen atoms in total. The molecule has 1 aromatic heterocycles. The van der Waals surface area contributed by atoms with E-state index in [1.807, 2.05) is 13.8 Å². The SMILES string of the molecule is CC(C)Oc1ccc(C(=O)NC2CC3CCCC(C2)N3Cc2nc3c(C(F)(F)F)cccc3s2)cc1N. The van der Waals surface area contributed by atoms with E-state index in [1.54, 1.807) is 24.3 Å². The Morgan fingerprint density at radius 2 is 1.95 bits per heavy atom. The molecule has 0 aliphatic carbocycles. The maximum Gasteiger partial charge on any atom is 0.418 e. The second kappa shape index (κ2) is 10.1. The van der Waals surface area contributed by atoms with Crippen molar-refractivity contribution < 1.29 is 22.7 Å². The van der Waals surface area contributed by atoms with Crippen molar-refractivity contribution >= 4 is 33.1 Å². The first-order valence-electron chi connectivity index (χ1n) is 12.7. The fourth-order valence-electron chi connectivity index (χ4n) is 5.62. The molecule has 5 rings (SSSR count). The van der Waals surface area contributed by atoms with Crippen LogP contribution in [-0.4, -0.2) is 40.0 Å². The van der Waals surface area contributed by atoms with Crippen LogP contribution in [0.2, 0.25) is 0 Å². The average Bonchev–Trinajstić information content (AvgIpc) is 3.22. The summed E-state index contributed by atoms with van der Waals surface area (Å²) in [5, 5.41) is 3.88. The van der Waals surface area contributed by atoms with Crippen molar-refractivity contribution in [1.82, 2.24) is 15.2 Å². The Kier molecular flexibility index (Phi) is 7.06. The molecule has 198 valence electrons. The van der Waals surface area contributed by atoms with Crippen molar-refractivity contribution in [2.75, 3.05) is 5.73 Å². The average molecular weight is 533 g/mol. The Hall–Kier alpha value is -2.85. The minimum atomic E-state index is -4.43. The number of ether oxygens (including phenoxy) is 1. The number of carbonyl (C=O) groups excluding carboxylic acids is 1. The van der Waals surface area contributed by atoms with E-state index in [1.165, 1.54) is 17.4 Å². The number of alkyl halides is 3. The molecule has 3 N–H and O–H groups in total. The molecule has 0 radical (unpaired) electrons. The number of benzene rings is 2. The molecule has 37 heavy (non-hydrogen) atoms. The van der Waals surface area contributed by atoms with Crippen LogP contribution in [-0.2, 0) is 12.7 Å². The molecule has 3 heterocycles. The van der Waals surface area contributed by atoms with Crippen molar-refractivity contribution in [3.63, 3.8) is 0 Å². The first kappa shape index (κ1) is 25.8. The molecule has 2 bridgehead atoms. The van der Waals surface area contributed by atoms with Crippen LogP contribution in [0.5, 0.6) is 5.75 Å². The Balaban J connectivity index is 1.27. The Morgan fingerprint density at radius 3 is 2.59 bits per heavy atom. The minimum absolute atomic E-state index is 0.0129. The Labute approximate surface area is 218 Å². The zero-order valence-corrected chi connectivity index (χ0v) is 21.7. The van der Waals surface area contributed by atoms with Crippen LogP contribution in [0.4, 0.5) is 18.9 Å². The predicted molar refractivity (Wildman–Crippen MR) is 139 cm³/mol. The fraction of sp³-hybridized carbons (Fsp3) is 0.481. The number of aromatic nitrogens is 1. The van der Waals surface area contributed by atoms with Gasteiger partial charge in [-0.15, -0.1) is 11.3 Å². The number of nitrogens with two attached hydrogens (primary N) is 1. The van der Waals surface area contributed by atoms with Gasteiger partial charge in [0, 0.05) is 23.7 Å². The number of fused-ring (bicyclic) bond motifs is 3. The van der Waals surface area contributed by atoms with Gasteiger partial charge in [0.05, 0.1) is 34.1 Å². The number of hydrogen-bond donors (Lipinski definition) is 2. The van der Waals surface area contributed by atoms with Gasteiger partial charge in [0.2, 0.25) is 0 Å². The molecule has 2 aliphatic rings. The van der Waals surface area contributed by atoms with E-state index in [4.69, 9.17) is 10.5 Å². The molecule has 2 saturated heterocycles. The minimum Gasteiger partial charge on any atom is -0.489 e. The van der Waals surface area contributed by atoms with Gasteiger partial charge in [0.25, 0.3) is 5.91 Å². The van der Waals surface area contributed by atoms with Gasteiger partial charge in [0.15, 0.2) is 0 Å². The van der Waals surface area contributed by atoms with E-state index >= 15 is 0 Å². The third-order valence-corrected chi connectivity index (χ3v) is 8.19. The summed E-state index contributed by atoms with van der Waals surface area (Å²) in [5.41, 5.74) is 6.37. The Bertz CT molecular complexity index is 1280. The number of nitrogens with zero attached hydrogens (tertiary/aromatic N) is 2. The molecule has 2 unspecified atom stereocenters. The first-order valence-corrected chi connectivity index (χ1v) is 13.5. The van der Waals surface area contributed by atoms with Crippen molar-refractivity contribution in [1.29, 1.82) is 0 Å². The second-order valence-electron chi connectivity index (χ2n) is 10.2. The first-order chi connectivity index (χ1) is 17.6. The van der Waals surface area contributed by atoms with E-state index in [9.17, 15) is 18.0 Å². The lowest BCUT2D eigenvalue weighted by Gasteiger charge is -2.48. The number of anilines is 1. The lowest BCUT2D eigenvalue weighted by atomic mass is 9.81. The maximum absolute atomic E-state index is 13.4. The highest BCUT2D eigenvalue weighted by Gasteiger charge is 2.39. The number of nitrogen functional groups attached to an aromatic ring is 1. The number of halogens is 3. The number of para-hydroxylation sites is 1. The molecular formula is C27H31F3N4O2S.